The van der Waals surface area contributed by atoms with Crippen LogP contribution in [0.1, 0.15) is 481 Å². The van der Waals surface area contributed by atoms with Gasteiger partial charge in [-0.25, -0.2) is 4.70 Å². The van der Waals surface area contributed by atoms with E-state index in [1.807, 2.05) is 0 Å². The second-order valence-corrected chi connectivity index (χ2v) is 29.7. The van der Waals surface area contributed by atoms with E-state index in [0.717, 1.165) is 79.5 Å². The maximum Gasteiger partial charge on any atom is 2.00 e. The molecule has 2 nitrogen and oxygen atoms in total. The Hall–Kier alpha value is -2.43. The van der Waals surface area contributed by atoms with Gasteiger partial charge in [-0.05, 0) is 80.3 Å². The van der Waals surface area contributed by atoms with Gasteiger partial charge in [-0.2, -0.15) is 12.8 Å². The van der Waals surface area contributed by atoms with Gasteiger partial charge in [-0.3, -0.25) is 0 Å². The molecule has 3 rings (SSSR count). The van der Waals surface area contributed by atoms with Crippen LogP contribution < -0.4 is 0 Å². The number of allylic oxidation sites excluding steroid dienone is 2. The first-order valence-electron chi connectivity index (χ1n) is 43.2. The predicted molar refractivity (Wildman–Crippen MR) is 430 cm³/mol. The first kappa shape index (κ1) is 93.6. The summed E-state index contributed by atoms with van der Waals surface area (Å²) >= 11 is 0. The van der Waals surface area contributed by atoms with Crippen LogP contribution in [0.5, 0.6) is 0 Å². The molecule has 3 heteroatoms. The summed E-state index contributed by atoms with van der Waals surface area (Å²) < 4.78 is 1.51. The molecule has 556 valence electrons. The molecule has 0 unspecified atom stereocenters. The van der Waals surface area contributed by atoms with E-state index in [1.54, 1.807) is 0 Å². The molecule has 96 heavy (non-hydrogen) atoms. The normalized spacial score (nSPS) is 12.0. The van der Waals surface area contributed by atoms with Crippen LogP contribution in [-0.2, 0) is 29.3 Å². The molecule has 1 aliphatic rings. The van der Waals surface area contributed by atoms with Crippen LogP contribution in [0.4, 0.5) is 0 Å². The molecule has 0 aromatic heterocycles. The summed E-state index contributed by atoms with van der Waals surface area (Å²) in [7, 11) is 0. The molecule has 0 atom stereocenters. The molecule has 1 aliphatic heterocycles. The van der Waals surface area contributed by atoms with E-state index in [0.29, 0.717) is 0 Å². The number of rotatable bonds is 66. The van der Waals surface area contributed by atoms with Crippen molar-refractivity contribution in [3.05, 3.63) is 101 Å². The molecule has 2 aromatic carbocycles. The molecule has 0 saturated carbocycles. The summed E-state index contributed by atoms with van der Waals surface area (Å²) in [4.78, 5) is 0. The van der Waals surface area contributed by atoms with Crippen molar-refractivity contribution in [3.8, 4) is 11.8 Å². The third-order valence-electron chi connectivity index (χ3n) is 20.4. The number of benzene rings is 2. The minimum Gasteiger partial charge on any atom is -0.493 e. The van der Waals surface area contributed by atoms with E-state index in [2.05, 4.69) is 116 Å². The van der Waals surface area contributed by atoms with Crippen LogP contribution in [0, 0.1) is 25.7 Å². The smallest absolute Gasteiger partial charge is 0.493 e. The van der Waals surface area contributed by atoms with Gasteiger partial charge in [0.05, 0.1) is 0 Å². The van der Waals surface area contributed by atoms with Crippen LogP contribution in [0.2, 0.25) is 0 Å². The largest absolute Gasteiger partial charge is 2.00 e. The Labute approximate surface area is 613 Å². The Bertz CT molecular complexity index is 2010. The summed E-state index contributed by atoms with van der Waals surface area (Å²) in [5, 5.41) is 0. The average Bonchev–Trinajstić information content (AvgIpc) is 1.61. The molecule has 0 radical (unpaired) electrons. The van der Waals surface area contributed by atoms with Gasteiger partial charge < -0.3 is 19.4 Å². The fourth-order valence-electron chi connectivity index (χ4n) is 14.0. The topological polar surface area (TPSA) is 25.3 Å². The zero-order chi connectivity index (χ0) is 68.6. The Morgan fingerprint density at radius 1 is 0.292 bits per heavy atom. The molecule has 0 fully saturated rings. The summed E-state index contributed by atoms with van der Waals surface area (Å²) in [6.07, 6.45) is 91.4. The van der Waals surface area contributed by atoms with Crippen LogP contribution >= 0.6 is 0 Å². The second kappa shape index (κ2) is 75.2. The first-order valence-corrected chi connectivity index (χ1v) is 43.2. The number of hydrogen-bond donors (Lipinski definition) is 0. The van der Waals surface area contributed by atoms with Crippen molar-refractivity contribution in [3.63, 3.8) is 0 Å². The molecule has 2 aromatic rings. The standard InChI is InChI=1S/C61H98N2.2C16H33.Ni/c1-5-9-13-15-17-18-19-20-21-22-23-24-25-26-27-28-29-30-31-32-33-34-35-36-38-41-48-59-58(47-39-11-7-3)60(56-51-49-54(50-52-56)44-40-37-16-14-10-6-2)63(62)61(59)57-46-42-45-55(53-57)43-12-8-4;2*1-3-5-7-9-11-13-15-16-14-12-10-8-6-4-2;/h42,45-46,49-53H,5-40,43-44,47H2,1-4H3;2*1,3-16H2,2H3;/q;2*-1;+2. The average molecular weight is 1370 g/mol. The summed E-state index contributed by atoms with van der Waals surface area (Å²) in [5.74, 6) is 7.32. The van der Waals surface area contributed by atoms with Crippen LogP contribution in [0.3, 0.4) is 0 Å². The molecular formula is C93H164N2Ni. The Kier molecular flexibility index (Phi) is 73.3. The fraction of sp³-hybridized carbons (Fsp3) is 0.785. The van der Waals surface area contributed by atoms with Gasteiger partial charge in [0.1, 0.15) is 5.57 Å². The maximum absolute atomic E-state index is 12.2. The van der Waals surface area contributed by atoms with E-state index in [4.69, 9.17) is 0 Å². The van der Waals surface area contributed by atoms with Crippen LogP contribution in [-0.4, -0.2) is 4.70 Å². The van der Waals surface area contributed by atoms with Gasteiger partial charge in [-0.15, -0.1) is 0 Å². The van der Waals surface area contributed by atoms with Gasteiger partial charge in [0.2, 0.25) is 11.4 Å². The molecule has 0 N–H and O–H groups in total. The fourth-order valence-corrected chi connectivity index (χ4v) is 14.0. The van der Waals surface area contributed by atoms with Gasteiger partial charge in [0.15, 0.2) is 0 Å². The van der Waals surface area contributed by atoms with Crippen LogP contribution in [0.25, 0.3) is 16.9 Å². The van der Waals surface area contributed by atoms with Gasteiger partial charge in [0.25, 0.3) is 0 Å². The Morgan fingerprint density at radius 3 is 0.927 bits per heavy atom. The zero-order valence-electron chi connectivity index (χ0n) is 65.6. The van der Waals surface area contributed by atoms with E-state index in [-0.39, 0.29) is 16.5 Å². The number of hydrogen-bond acceptors (Lipinski definition) is 0. The molecule has 0 aliphatic carbocycles. The first-order chi connectivity index (χ1) is 47.0. The molecule has 0 bridgehead atoms. The summed E-state index contributed by atoms with van der Waals surface area (Å²) in [6, 6.07) is 18.0. The molecule has 0 amide bonds. The predicted octanol–water partition coefficient (Wildman–Crippen LogP) is 33.1. The quantitative estimate of drug-likeness (QED) is 0.0207. The maximum atomic E-state index is 12.2. The van der Waals surface area contributed by atoms with E-state index >= 15 is 0 Å². The SMILES string of the molecule is CCCCCCCCCCCCCCCCCCCCCCCCCCC#CC1=C(c2cccc(CCCC)c2)[N+](=[N-])C(c2ccc(CCCCCCCC)cc2)=C1CCCCC.[CH2-]CCCCCCCCCCCCCCC.[CH2-]CCCCCCCCCCCCCCC.[Ni+2]. The number of nitrogens with zero attached hydrogens (tertiary/aromatic N) is 2. The Balaban J connectivity index is 0.00000223. The monoisotopic (exact) mass is 1370 g/mol. The van der Waals surface area contributed by atoms with Crippen molar-refractivity contribution in [1.82, 2.24) is 0 Å². The van der Waals surface area contributed by atoms with Gasteiger partial charge in [0, 0.05) is 23.1 Å². The van der Waals surface area contributed by atoms with Gasteiger partial charge in [-0.1, -0.05) is 444 Å². The molecular weight excluding hydrogens is 1200 g/mol. The van der Waals surface area contributed by atoms with Crippen molar-refractivity contribution in [2.75, 3.05) is 0 Å². The molecule has 0 spiro atoms. The van der Waals surface area contributed by atoms with E-state index < -0.39 is 0 Å². The van der Waals surface area contributed by atoms with E-state index in [9.17, 15) is 5.53 Å². The molecule has 1 heterocycles. The van der Waals surface area contributed by atoms with Crippen molar-refractivity contribution in [2.45, 2.75) is 472 Å². The number of unbranched alkanes of at least 4 members (excludes halogenated alkanes) is 58. The minimum absolute atomic E-state index is 0. The van der Waals surface area contributed by atoms with E-state index in [1.165, 1.54) is 400 Å². The third kappa shape index (κ3) is 55.3. The van der Waals surface area contributed by atoms with Crippen molar-refractivity contribution in [2.24, 2.45) is 0 Å². The van der Waals surface area contributed by atoms with Crippen molar-refractivity contribution in [1.29, 1.82) is 0 Å². The number of aryl methyl sites for hydroxylation is 2. The summed E-state index contributed by atoms with van der Waals surface area (Å²) in [6.45, 7) is 21.4. The zero-order valence-corrected chi connectivity index (χ0v) is 66.6. The van der Waals surface area contributed by atoms with Crippen molar-refractivity contribution >= 4 is 11.4 Å². The third-order valence-corrected chi connectivity index (χ3v) is 20.4. The second-order valence-electron chi connectivity index (χ2n) is 29.7. The Morgan fingerprint density at radius 2 is 0.583 bits per heavy atom. The minimum atomic E-state index is 0. The molecule has 0 saturated heterocycles. The van der Waals surface area contributed by atoms with Crippen LogP contribution in [0.15, 0.2) is 59.7 Å². The van der Waals surface area contributed by atoms with Crippen molar-refractivity contribution < 1.29 is 21.2 Å². The summed E-state index contributed by atoms with van der Waals surface area (Å²) in [5.41, 5.74) is 21.1. The van der Waals surface area contributed by atoms with Gasteiger partial charge >= 0.3 is 16.5 Å².